The van der Waals surface area contributed by atoms with Crippen molar-refractivity contribution < 1.29 is 0 Å². The molecule has 2 atom stereocenters. The van der Waals surface area contributed by atoms with Crippen LogP contribution >= 0.6 is 25.8 Å². The Morgan fingerprint density at radius 3 is 1.12 bits per heavy atom. The first-order chi connectivity index (χ1) is 15.1. The van der Waals surface area contributed by atoms with E-state index in [9.17, 15) is 0 Å². The van der Waals surface area contributed by atoms with E-state index >= 15 is 0 Å². The van der Waals surface area contributed by atoms with Crippen LogP contribution in [0.15, 0.2) is 0 Å². The van der Waals surface area contributed by atoms with Crippen LogP contribution in [0.2, 0.25) is 0 Å². The molecule has 0 nitrogen and oxygen atoms in total. The topological polar surface area (TPSA) is 0 Å². The Labute approximate surface area is 217 Å². The highest BCUT2D eigenvalue weighted by Gasteiger charge is 2.34. The van der Waals surface area contributed by atoms with Gasteiger partial charge in [0.2, 0.25) is 0 Å². The SMILES string of the molecule is CCCCCCCCCCCCCCCCC(CCCC)C(Br)(CCCC)CCCC.P. The van der Waals surface area contributed by atoms with Gasteiger partial charge in [-0.25, -0.2) is 0 Å². The van der Waals surface area contributed by atoms with E-state index in [0.717, 1.165) is 5.92 Å². The summed E-state index contributed by atoms with van der Waals surface area (Å²) in [5.74, 6) is 0.892. The van der Waals surface area contributed by atoms with Gasteiger partial charge in [-0.1, -0.05) is 172 Å². The second kappa shape index (κ2) is 26.5. The molecule has 0 aliphatic carbocycles. The normalized spacial score (nSPS) is 12.7. The largest absolute Gasteiger partial charge is 0.153 e. The lowest BCUT2D eigenvalue weighted by molar-refractivity contribution is 0.282. The van der Waals surface area contributed by atoms with Crippen molar-refractivity contribution in [3.63, 3.8) is 0 Å². The number of alkyl halides is 1. The summed E-state index contributed by atoms with van der Waals surface area (Å²) in [6.45, 7) is 9.36. The molecule has 0 rings (SSSR count). The molecule has 0 aliphatic heterocycles. The molecule has 0 aromatic carbocycles. The van der Waals surface area contributed by atoms with Crippen molar-refractivity contribution in [2.45, 2.75) is 186 Å². The minimum Gasteiger partial charge on any atom is -0.153 e. The fourth-order valence-corrected chi connectivity index (χ4v) is 6.19. The maximum Gasteiger partial charge on any atom is 0.0286 e. The lowest BCUT2D eigenvalue weighted by Crippen LogP contribution is -2.32. The molecule has 0 N–H and O–H groups in total. The van der Waals surface area contributed by atoms with E-state index in [1.54, 1.807) is 0 Å². The molecule has 0 aromatic heterocycles. The number of hydrogen-bond donors (Lipinski definition) is 0. The highest BCUT2D eigenvalue weighted by atomic mass is 79.9. The molecular weight excluding hydrogens is 471 g/mol. The second-order valence-electron chi connectivity index (χ2n) is 10.5. The molecule has 0 heterocycles. The van der Waals surface area contributed by atoms with E-state index in [1.165, 1.54) is 154 Å². The van der Waals surface area contributed by atoms with Crippen molar-refractivity contribution in [3.05, 3.63) is 0 Å². The van der Waals surface area contributed by atoms with E-state index in [-0.39, 0.29) is 9.90 Å². The molecule has 0 aliphatic rings. The minimum atomic E-state index is 0. The van der Waals surface area contributed by atoms with E-state index in [1.807, 2.05) is 0 Å². The number of halogens is 1. The molecule has 2 unspecified atom stereocenters. The van der Waals surface area contributed by atoms with Gasteiger partial charge in [0.1, 0.15) is 0 Å². The summed E-state index contributed by atoms with van der Waals surface area (Å²) < 4.78 is 0.421. The number of hydrogen-bond acceptors (Lipinski definition) is 0. The van der Waals surface area contributed by atoms with Crippen LogP contribution in [-0.2, 0) is 0 Å². The Balaban J connectivity index is 0. The molecule has 0 radical (unpaired) electrons. The van der Waals surface area contributed by atoms with Crippen LogP contribution < -0.4 is 0 Å². The van der Waals surface area contributed by atoms with Crippen LogP contribution in [-0.4, -0.2) is 4.32 Å². The molecule has 0 bridgehead atoms. The molecule has 0 amide bonds. The average Bonchev–Trinajstić information content (AvgIpc) is 2.78. The van der Waals surface area contributed by atoms with Gasteiger partial charge in [0.15, 0.2) is 0 Å². The maximum atomic E-state index is 4.33. The first-order valence-corrected chi connectivity index (χ1v) is 15.6. The summed E-state index contributed by atoms with van der Waals surface area (Å²) in [6.07, 6.45) is 34.3. The Hall–Kier alpha value is 0.910. The lowest BCUT2D eigenvalue weighted by atomic mass is 9.78. The van der Waals surface area contributed by atoms with Crippen LogP contribution in [0.3, 0.4) is 0 Å². The zero-order valence-electron chi connectivity index (χ0n) is 23.1. The molecule has 0 fully saturated rings. The van der Waals surface area contributed by atoms with Gasteiger partial charge in [-0.3, -0.25) is 0 Å². The molecule has 0 saturated heterocycles. The third-order valence-electron chi connectivity index (χ3n) is 7.44. The first kappa shape index (κ1) is 35.1. The Kier molecular flexibility index (Phi) is 29.1. The highest BCUT2D eigenvalue weighted by molar-refractivity contribution is 9.10. The Morgan fingerprint density at radius 1 is 0.438 bits per heavy atom. The maximum absolute atomic E-state index is 4.33. The molecular formula is C30H64BrP. The Morgan fingerprint density at radius 2 is 0.750 bits per heavy atom. The molecule has 0 saturated carbocycles. The van der Waals surface area contributed by atoms with Crippen molar-refractivity contribution in [2.75, 3.05) is 0 Å². The van der Waals surface area contributed by atoms with Crippen LogP contribution in [0.1, 0.15) is 182 Å². The fourth-order valence-electron chi connectivity index (χ4n) is 5.17. The van der Waals surface area contributed by atoms with Crippen LogP contribution in [0.25, 0.3) is 0 Å². The predicted molar refractivity (Wildman–Crippen MR) is 160 cm³/mol. The van der Waals surface area contributed by atoms with Crippen LogP contribution in [0.5, 0.6) is 0 Å². The van der Waals surface area contributed by atoms with E-state index < -0.39 is 0 Å². The summed E-state index contributed by atoms with van der Waals surface area (Å²) in [4.78, 5) is 0. The van der Waals surface area contributed by atoms with Gasteiger partial charge in [0.05, 0.1) is 0 Å². The quantitative estimate of drug-likeness (QED) is 0.0619. The monoisotopic (exact) mass is 534 g/mol. The summed E-state index contributed by atoms with van der Waals surface area (Å²) in [5.41, 5.74) is 0. The van der Waals surface area contributed by atoms with Crippen molar-refractivity contribution in [1.82, 2.24) is 0 Å². The summed E-state index contributed by atoms with van der Waals surface area (Å²) in [5, 5.41) is 0. The van der Waals surface area contributed by atoms with Gasteiger partial charge >= 0.3 is 0 Å². The van der Waals surface area contributed by atoms with E-state index in [2.05, 4.69) is 43.6 Å². The van der Waals surface area contributed by atoms with Gasteiger partial charge < -0.3 is 0 Å². The van der Waals surface area contributed by atoms with E-state index in [4.69, 9.17) is 0 Å². The van der Waals surface area contributed by atoms with Gasteiger partial charge in [0.25, 0.3) is 0 Å². The molecule has 196 valence electrons. The van der Waals surface area contributed by atoms with Gasteiger partial charge in [0, 0.05) is 4.32 Å². The van der Waals surface area contributed by atoms with Crippen molar-refractivity contribution >= 4 is 25.8 Å². The van der Waals surface area contributed by atoms with Crippen molar-refractivity contribution in [3.8, 4) is 0 Å². The van der Waals surface area contributed by atoms with Crippen molar-refractivity contribution in [2.24, 2.45) is 5.92 Å². The third-order valence-corrected chi connectivity index (χ3v) is 8.88. The third kappa shape index (κ3) is 20.3. The number of unbranched alkanes of at least 4 members (excludes halogenated alkanes) is 16. The van der Waals surface area contributed by atoms with Crippen LogP contribution in [0, 0.1) is 5.92 Å². The Bertz CT molecular complexity index is 336. The molecule has 32 heavy (non-hydrogen) atoms. The smallest absolute Gasteiger partial charge is 0.0286 e. The fraction of sp³-hybridized carbons (Fsp3) is 1.00. The van der Waals surface area contributed by atoms with Gasteiger partial charge in [-0.05, 0) is 31.6 Å². The van der Waals surface area contributed by atoms with E-state index in [0.29, 0.717) is 4.32 Å². The molecule has 0 spiro atoms. The summed E-state index contributed by atoms with van der Waals surface area (Å²) in [7, 11) is 0. The average molecular weight is 536 g/mol. The zero-order valence-corrected chi connectivity index (χ0v) is 26.1. The summed E-state index contributed by atoms with van der Waals surface area (Å²) >= 11 is 4.33. The first-order valence-electron chi connectivity index (χ1n) is 14.8. The van der Waals surface area contributed by atoms with Gasteiger partial charge in [-0.2, -0.15) is 9.90 Å². The van der Waals surface area contributed by atoms with Crippen LogP contribution in [0.4, 0.5) is 0 Å². The second-order valence-corrected chi connectivity index (χ2v) is 12.0. The standard InChI is InChI=1S/C30H61Br.H3P/c1-5-9-13-14-15-16-17-18-19-20-21-22-23-24-26-29(25-10-6-2)30(31,27-11-7-3)28-12-8-4;/h29H,5-28H2,1-4H3;1H3. The van der Waals surface area contributed by atoms with Gasteiger partial charge in [-0.15, -0.1) is 0 Å². The molecule has 0 aromatic rings. The highest BCUT2D eigenvalue weighted by Crippen LogP contribution is 2.43. The van der Waals surface area contributed by atoms with Crippen molar-refractivity contribution in [1.29, 1.82) is 0 Å². The minimum absolute atomic E-state index is 0. The lowest BCUT2D eigenvalue weighted by Gasteiger charge is -2.37. The predicted octanol–water partition coefficient (Wildman–Crippen LogP) is 12.2. The zero-order chi connectivity index (χ0) is 23.0. The summed E-state index contributed by atoms with van der Waals surface area (Å²) in [6, 6.07) is 0. The molecule has 2 heteroatoms. The number of rotatable bonds is 25.